The molecule has 1 saturated heterocycles. The molecule has 156 valence electrons. The van der Waals surface area contributed by atoms with E-state index in [-0.39, 0.29) is 19.9 Å². The van der Waals surface area contributed by atoms with Gasteiger partial charge < -0.3 is 9.47 Å². The van der Waals surface area contributed by atoms with Crippen LogP contribution in [0.3, 0.4) is 0 Å². The second-order valence-corrected chi connectivity index (χ2v) is 9.21. The van der Waals surface area contributed by atoms with Gasteiger partial charge in [-0.1, -0.05) is 17.7 Å². The molecular formula is C19H19ClF2N2O4S. The maximum Gasteiger partial charge on any atom is 0.249 e. The highest BCUT2D eigenvalue weighted by Crippen LogP contribution is 2.33. The van der Waals surface area contributed by atoms with E-state index in [0.29, 0.717) is 31.3 Å². The summed E-state index contributed by atoms with van der Waals surface area (Å²) in [7, 11) is -4.25. The molecule has 2 aromatic rings. The normalized spacial score (nSPS) is 18.3. The zero-order valence-corrected chi connectivity index (χ0v) is 17.0. The smallest absolute Gasteiger partial charge is 0.249 e. The van der Waals surface area contributed by atoms with E-state index in [0.717, 1.165) is 39.4 Å². The second kappa shape index (κ2) is 8.16. The first kappa shape index (κ1) is 20.5. The molecule has 4 rings (SSSR count). The van der Waals surface area contributed by atoms with E-state index in [1.165, 1.54) is 0 Å². The van der Waals surface area contributed by atoms with E-state index in [1.54, 1.807) is 6.07 Å². The lowest BCUT2D eigenvalue weighted by molar-refractivity contribution is -0.0175. The third-order valence-electron chi connectivity index (χ3n) is 4.99. The summed E-state index contributed by atoms with van der Waals surface area (Å²) in [5.41, 5.74) is 1.77. The molecule has 0 radical (unpaired) electrons. The van der Waals surface area contributed by atoms with Crippen LogP contribution in [0.2, 0.25) is 5.02 Å². The van der Waals surface area contributed by atoms with Crippen molar-refractivity contribution in [3.63, 3.8) is 0 Å². The summed E-state index contributed by atoms with van der Waals surface area (Å²) in [4.78, 5) is 1.15. The topological polar surface area (TPSA) is 59.1 Å². The number of benzene rings is 2. The molecule has 1 fully saturated rings. The first-order valence-corrected chi connectivity index (χ1v) is 10.9. The molecule has 10 heteroatoms. The number of rotatable bonds is 4. The van der Waals surface area contributed by atoms with Gasteiger partial charge in [0.15, 0.2) is 11.7 Å². The van der Waals surface area contributed by atoms with E-state index in [4.69, 9.17) is 21.1 Å². The van der Waals surface area contributed by atoms with Gasteiger partial charge >= 0.3 is 0 Å². The summed E-state index contributed by atoms with van der Waals surface area (Å²) < 4.78 is 65.4. The Kier molecular flexibility index (Phi) is 5.76. The van der Waals surface area contributed by atoms with Crippen LogP contribution in [0.5, 0.6) is 5.75 Å². The highest BCUT2D eigenvalue weighted by molar-refractivity contribution is 7.89. The summed E-state index contributed by atoms with van der Waals surface area (Å²) >= 11 is 6.19. The number of halogens is 3. The summed E-state index contributed by atoms with van der Waals surface area (Å²) in [5, 5.41) is 0.573. The third-order valence-corrected chi connectivity index (χ3v) is 7.16. The Hall–Kier alpha value is -1.78. The van der Waals surface area contributed by atoms with Crippen molar-refractivity contribution in [2.45, 2.75) is 18.0 Å². The molecule has 0 amide bonds. The van der Waals surface area contributed by atoms with Gasteiger partial charge in [-0.2, -0.15) is 4.31 Å². The summed E-state index contributed by atoms with van der Waals surface area (Å²) in [5.74, 6) is -1.43. The quantitative estimate of drug-likeness (QED) is 0.725. The van der Waals surface area contributed by atoms with Crippen LogP contribution >= 0.6 is 11.6 Å². The van der Waals surface area contributed by atoms with Crippen LogP contribution in [0.25, 0.3) is 0 Å². The van der Waals surface area contributed by atoms with Gasteiger partial charge in [0.1, 0.15) is 17.4 Å². The molecule has 6 nitrogen and oxygen atoms in total. The fourth-order valence-electron chi connectivity index (χ4n) is 3.60. The van der Waals surface area contributed by atoms with Crippen molar-refractivity contribution in [1.29, 1.82) is 0 Å². The van der Waals surface area contributed by atoms with Gasteiger partial charge in [0, 0.05) is 48.9 Å². The van der Waals surface area contributed by atoms with Gasteiger partial charge in [-0.3, -0.25) is 4.90 Å². The minimum atomic E-state index is -4.25. The SMILES string of the molecule is O=S(=O)(c1c(F)cccc1F)N1CCN(Cc2cc(Cl)cc3c2OCOC3)CC1. The van der Waals surface area contributed by atoms with Crippen molar-refractivity contribution in [1.82, 2.24) is 9.21 Å². The first-order chi connectivity index (χ1) is 13.9. The van der Waals surface area contributed by atoms with Gasteiger partial charge in [0.05, 0.1) is 6.61 Å². The number of sulfonamides is 1. The van der Waals surface area contributed by atoms with Gasteiger partial charge in [-0.05, 0) is 24.3 Å². The van der Waals surface area contributed by atoms with Crippen LogP contribution in [0.1, 0.15) is 11.1 Å². The largest absolute Gasteiger partial charge is 0.467 e. The Balaban J connectivity index is 1.47. The van der Waals surface area contributed by atoms with Crippen LogP contribution in [0.15, 0.2) is 35.2 Å². The molecule has 29 heavy (non-hydrogen) atoms. The minimum absolute atomic E-state index is 0.128. The molecule has 2 aliphatic rings. The molecule has 0 saturated carbocycles. The Morgan fingerprint density at radius 1 is 1.07 bits per heavy atom. The average molecular weight is 445 g/mol. The maximum atomic E-state index is 14.0. The van der Waals surface area contributed by atoms with Crippen molar-refractivity contribution in [2.75, 3.05) is 33.0 Å². The number of nitrogens with zero attached hydrogens (tertiary/aromatic N) is 2. The lowest BCUT2D eigenvalue weighted by Gasteiger charge is -2.34. The second-order valence-electron chi connectivity index (χ2n) is 6.89. The Labute approximate surface area is 172 Å². The van der Waals surface area contributed by atoms with Crippen LogP contribution in [-0.4, -0.2) is 50.6 Å². The summed E-state index contributed by atoms with van der Waals surface area (Å²) in [6, 6.07) is 6.65. The Bertz CT molecular complexity index is 1010. The molecule has 0 atom stereocenters. The molecule has 0 unspecified atom stereocenters. The van der Waals surface area contributed by atoms with Crippen LogP contribution < -0.4 is 4.74 Å². The predicted molar refractivity (Wildman–Crippen MR) is 102 cm³/mol. The number of fused-ring (bicyclic) bond motifs is 1. The van der Waals surface area contributed by atoms with E-state index in [9.17, 15) is 17.2 Å². The van der Waals surface area contributed by atoms with Crippen LogP contribution in [-0.2, 0) is 27.9 Å². The molecular weight excluding hydrogens is 426 g/mol. The summed E-state index contributed by atoms with van der Waals surface area (Å²) in [6.07, 6.45) is 0. The van der Waals surface area contributed by atoms with Crippen LogP contribution in [0, 0.1) is 11.6 Å². The standard InChI is InChI=1S/C19H19ClF2N2O4S/c20-15-8-13(18-14(9-15)11-27-12-28-18)10-23-4-6-24(7-5-23)29(25,26)19-16(21)2-1-3-17(19)22/h1-3,8-9H,4-7,10-12H2. The molecule has 2 heterocycles. The van der Waals surface area contributed by atoms with Crippen molar-refractivity contribution < 1.29 is 26.7 Å². The monoisotopic (exact) mass is 444 g/mol. The fraction of sp³-hybridized carbons (Fsp3) is 0.368. The van der Waals surface area contributed by atoms with Crippen molar-refractivity contribution >= 4 is 21.6 Å². The molecule has 0 N–H and O–H groups in total. The molecule has 0 aliphatic carbocycles. The Morgan fingerprint density at radius 2 is 1.76 bits per heavy atom. The van der Waals surface area contributed by atoms with Gasteiger partial charge in [0.2, 0.25) is 10.0 Å². The number of hydrogen-bond acceptors (Lipinski definition) is 5. The maximum absolute atomic E-state index is 14.0. The predicted octanol–water partition coefficient (Wildman–Crippen LogP) is 2.99. The van der Waals surface area contributed by atoms with Crippen LogP contribution in [0.4, 0.5) is 8.78 Å². The van der Waals surface area contributed by atoms with Crippen molar-refractivity contribution in [3.8, 4) is 5.75 Å². The fourth-order valence-corrected chi connectivity index (χ4v) is 5.40. The van der Waals surface area contributed by atoms with E-state index in [1.807, 2.05) is 6.07 Å². The Morgan fingerprint density at radius 3 is 2.45 bits per heavy atom. The zero-order valence-electron chi connectivity index (χ0n) is 15.4. The molecule has 0 bridgehead atoms. The van der Waals surface area contributed by atoms with Crippen molar-refractivity contribution in [3.05, 3.63) is 58.1 Å². The lowest BCUT2D eigenvalue weighted by atomic mass is 10.1. The number of ether oxygens (including phenoxy) is 2. The highest BCUT2D eigenvalue weighted by Gasteiger charge is 2.33. The van der Waals surface area contributed by atoms with E-state index in [2.05, 4.69) is 4.90 Å². The van der Waals surface area contributed by atoms with Crippen molar-refractivity contribution in [2.24, 2.45) is 0 Å². The van der Waals surface area contributed by atoms with E-state index < -0.39 is 26.6 Å². The lowest BCUT2D eigenvalue weighted by Crippen LogP contribution is -2.48. The zero-order chi connectivity index (χ0) is 20.6. The third kappa shape index (κ3) is 4.10. The number of piperazine rings is 1. The molecule has 2 aliphatic heterocycles. The highest BCUT2D eigenvalue weighted by atomic mass is 35.5. The molecule has 0 aromatic heterocycles. The summed E-state index contributed by atoms with van der Waals surface area (Å²) in [6.45, 7) is 2.18. The average Bonchev–Trinajstić information content (AvgIpc) is 2.68. The molecule has 2 aromatic carbocycles. The van der Waals surface area contributed by atoms with E-state index >= 15 is 0 Å². The van der Waals surface area contributed by atoms with Gasteiger partial charge in [0.25, 0.3) is 0 Å². The number of hydrogen-bond donors (Lipinski definition) is 0. The van der Waals surface area contributed by atoms with Gasteiger partial charge in [-0.25, -0.2) is 17.2 Å². The first-order valence-electron chi connectivity index (χ1n) is 9.04. The molecule has 0 spiro atoms. The van der Waals surface area contributed by atoms with Gasteiger partial charge in [-0.15, -0.1) is 0 Å². The minimum Gasteiger partial charge on any atom is -0.467 e.